The van der Waals surface area contributed by atoms with Gasteiger partial charge in [0.05, 0.1) is 13.3 Å². The molecule has 1 aliphatic heterocycles. The minimum Gasteiger partial charge on any atom is -0.453 e. The largest absolute Gasteiger partial charge is 0.453 e. The maximum atomic E-state index is 12.9. The summed E-state index contributed by atoms with van der Waals surface area (Å²) >= 11 is 0. The Morgan fingerprint density at radius 3 is 2.79 bits per heavy atom. The molecule has 10 nitrogen and oxygen atoms in total. The Morgan fingerprint density at radius 1 is 1.18 bits per heavy atom. The van der Waals surface area contributed by atoms with Gasteiger partial charge in [-0.1, -0.05) is 23.4 Å². The molecule has 4 heterocycles. The fourth-order valence-electron chi connectivity index (χ4n) is 4.14. The molecule has 4 aromatic rings. The fraction of sp³-hybridized carbons (Fsp3) is 0.292. The van der Waals surface area contributed by atoms with Gasteiger partial charge < -0.3 is 19.5 Å². The minimum atomic E-state index is -0.317. The van der Waals surface area contributed by atoms with Crippen LogP contribution in [0.5, 0.6) is 0 Å². The zero-order chi connectivity index (χ0) is 23.7. The van der Waals surface area contributed by atoms with E-state index in [2.05, 4.69) is 20.4 Å². The molecule has 174 valence electrons. The van der Waals surface area contributed by atoms with Gasteiger partial charge in [0.2, 0.25) is 11.7 Å². The van der Waals surface area contributed by atoms with Gasteiger partial charge in [-0.2, -0.15) is 4.98 Å². The van der Waals surface area contributed by atoms with Crippen LogP contribution < -0.4 is 5.32 Å². The normalized spacial score (nSPS) is 14.4. The van der Waals surface area contributed by atoms with Crippen LogP contribution in [0.25, 0.3) is 17.0 Å². The van der Waals surface area contributed by atoms with Crippen molar-refractivity contribution < 1.29 is 18.8 Å². The lowest BCUT2D eigenvalue weighted by Gasteiger charge is -2.28. The van der Waals surface area contributed by atoms with Crippen molar-refractivity contribution in [2.24, 2.45) is 0 Å². The minimum absolute atomic E-state index is 0.0851. The average molecular weight is 460 g/mol. The fourth-order valence-corrected chi connectivity index (χ4v) is 4.14. The number of aryl methyl sites for hydroxylation is 1. The van der Waals surface area contributed by atoms with E-state index in [9.17, 15) is 9.59 Å². The Morgan fingerprint density at radius 2 is 2.00 bits per heavy atom. The standard InChI is InChI=1S/C24H24N6O4/c1-15-6-7-17(13-18(15)26-22(31)19-14-25-20-5-3-4-10-30(19)20)21-27-23(34-28-21)16-8-11-29(12-9-16)24(32)33-2/h3-7,10,13-14,16H,8-9,11-12H2,1-2H3,(H,26,31). The third-order valence-electron chi connectivity index (χ3n) is 6.11. The number of carbonyl (C=O) groups excluding carboxylic acids is 2. The second-order valence-corrected chi connectivity index (χ2v) is 8.24. The van der Waals surface area contributed by atoms with Crippen molar-refractivity contribution in [3.63, 3.8) is 0 Å². The van der Waals surface area contributed by atoms with Gasteiger partial charge in [-0.3, -0.25) is 9.20 Å². The van der Waals surface area contributed by atoms with E-state index in [1.807, 2.05) is 43.3 Å². The van der Waals surface area contributed by atoms with Crippen molar-refractivity contribution in [2.45, 2.75) is 25.7 Å². The summed E-state index contributed by atoms with van der Waals surface area (Å²) in [6.07, 6.45) is 4.50. The lowest BCUT2D eigenvalue weighted by atomic mass is 9.97. The molecule has 3 aromatic heterocycles. The molecule has 1 aromatic carbocycles. The van der Waals surface area contributed by atoms with Crippen LogP contribution in [0.3, 0.4) is 0 Å². The molecule has 1 fully saturated rings. The zero-order valence-electron chi connectivity index (χ0n) is 18.9. The summed E-state index contributed by atoms with van der Waals surface area (Å²) < 4.78 is 12.1. The molecule has 2 amide bonds. The van der Waals surface area contributed by atoms with Gasteiger partial charge in [-0.05, 0) is 43.5 Å². The van der Waals surface area contributed by atoms with Crippen molar-refractivity contribution >= 4 is 23.3 Å². The van der Waals surface area contributed by atoms with Gasteiger partial charge in [0, 0.05) is 36.5 Å². The summed E-state index contributed by atoms with van der Waals surface area (Å²) in [5.74, 6) is 0.833. The van der Waals surface area contributed by atoms with Crippen LogP contribution in [0.4, 0.5) is 10.5 Å². The molecule has 10 heteroatoms. The number of methoxy groups -OCH3 is 1. The van der Waals surface area contributed by atoms with Crippen LogP contribution >= 0.6 is 0 Å². The lowest BCUT2D eigenvalue weighted by molar-refractivity contribution is 0.102. The highest BCUT2D eigenvalue weighted by Gasteiger charge is 2.28. The zero-order valence-corrected chi connectivity index (χ0v) is 18.9. The number of aromatic nitrogens is 4. The number of likely N-dealkylation sites (tertiary alicyclic amines) is 1. The summed E-state index contributed by atoms with van der Waals surface area (Å²) in [6.45, 7) is 3.09. The Kier molecular flexibility index (Phi) is 5.70. The number of nitrogens with zero attached hydrogens (tertiary/aromatic N) is 5. The molecule has 0 saturated carbocycles. The van der Waals surface area contributed by atoms with Crippen LogP contribution in [-0.2, 0) is 4.74 Å². The third-order valence-corrected chi connectivity index (χ3v) is 6.11. The number of hydrogen-bond donors (Lipinski definition) is 1. The van der Waals surface area contributed by atoms with Crippen LogP contribution in [0.1, 0.15) is 40.7 Å². The number of anilines is 1. The number of pyridine rings is 1. The molecule has 0 radical (unpaired) electrons. The van der Waals surface area contributed by atoms with Gasteiger partial charge in [0.1, 0.15) is 11.3 Å². The summed E-state index contributed by atoms with van der Waals surface area (Å²) in [5.41, 5.74) is 3.45. The van der Waals surface area contributed by atoms with Gasteiger partial charge in [-0.15, -0.1) is 0 Å². The molecule has 0 unspecified atom stereocenters. The lowest BCUT2D eigenvalue weighted by Crippen LogP contribution is -2.37. The Labute approximate surface area is 195 Å². The summed E-state index contributed by atoms with van der Waals surface area (Å²) in [6, 6.07) is 11.2. The van der Waals surface area contributed by atoms with E-state index in [0.29, 0.717) is 41.8 Å². The maximum Gasteiger partial charge on any atom is 0.409 e. The van der Waals surface area contributed by atoms with Crippen LogP contribution in [0.2, 0.25) is 0 Å². The van der Waals surface area contributed by atoms with E-state index < -0.39 is 0 Å². The first-order valence-electron chi connectivity index (χ1n) is 11.0. The number of rotatable bonds is 4. The molecule has 34 heavy (non-hydrogen) atoms. The number of carbonyl (C=O) groups is 2. The van der Waals surface area contributed by atoms with Crippen molar-refractivity contribution in [3.05, 3.63) is 65.9 Å². The molecule has 1 saturated heterocycles. The number of ether oxygens (including phenoxy) is 1. The molecule has 1 N–H and O–H groups in total. The second-order valence-electron chi connectivity index (χ2n) is 8.24. The molecule has 0 aliphatic carbocycles. The van der Waals surface area contributed by atoms with Crippen molar-refractivity contribution in [1.82, 2.24) is 24.4 Å². The first kappa shape index (κ1) is 21.6. The number of amides is 2. The first-order chi connectivity index (χ1) is 16.5. The summed E-state index contributed by atoms with van der Waals surface area (Å²) in [7, 11) is 1.38. The molecule has 0 atom stereocenters. The predicted molar refractivity (Wildman–Crippen MR) is 124 cm³/mol. The van der Waals surface area contributed by atoms with E-state index >= 15 is 0 Å². The van der Waals surface area contributed by atoms with Gasteiger partial charge in [0.25, 0.3) is 5.91 Å². The average Bonchev–Trinajstić information content (AvgIpc) is 3.53. The highest BCUT2D eigenvalue weighted by Crippen LogP contribution is 2.30. The van der Waals surface area contributed by atoms with Crippen LogP contribution in [0, 0.1) is 6.92 Å². The molecule has 1 aliphatic rings. The second kappa shape index (κ2) is 8.97. The van der Waals surface area contributed by atoms with Crippen molar-refractivity contribution in [3.8, 4) is 11.4 Å². The highest BCUT2D eigenvalue weighted by molar-refractivity contribution is 6.04. The summed E-state index contributed by atoms with van der Waals surface area (Å²) in [4.78, 5) is 35.2. The van der Waals surface area contributed by atoms with Gasteiger partial charge >= 0.3 is 6.09 Å². The molecule has 0 spiro atoms. The Balaban J connectivity index is 1.32. The molecule has 0 bridgehead atoms. The van der Waals surface area contributed by atoms with E-state index in [1.54, 1.807) is 21.7 Å². The Hall–Kier alpha value is -4.21. The van der Waals surface area contributed by atoms with Gasteiger partial charge in [0.15, 0.2) is 0 Å². The maximum absolute atomic E-state index is 12.9. The van der Waals surface area contributed by atoms with Crippen LogP contribution in [0.15, 0.2) is 53.3 Å². The SMILES string of the molecule is COC(=O)N1CCC(c2nc(-c3ccc(C)c(NC(=O)c4cnc5ccccn45)c3)no2)CC1. The third kappa shape index (κ3) is 4.09. The van der Waals surface area contributed by atoms with E-state index in [4.69, 9.17) is 9.26 Å². The predicted octanol–water partition coefficient (Wildman–Crippen LogP) is 3.89. The number of benzene rings is 1. The number of nitrogens with one attached hydrogen (secondary N) is 1. The Bertz CT molecular complexity index is 1350. The number of imidazole rings is 1. The number of fused-ring (bicyclic) bond motifs is 1. The smallest absolute Gasteiger partial charge is 0.409 e. The summed E-state index contributed by atoms with van der Waals surface area (Å²) in [5, 5.41) is 7.13. The monoisotopic (exact) mass is 460 g/mol. The molecular formula is C24H24N6O4. The number of hydrogen-bond acceptors (Lipinski definition) is 7. The van der Waals surface area contributed by atoms with Gasteiger partial charge in [-0.25, -0.2) is 9.78 Å². The topological polar surface area (TPSA) is 115 Å². The molecule has 5 rings (SSSR count). The van der Waals surface area contributed by atoms with Crippen molar-refractivity contribution in [1.29, 1.82) is 0 Å². The first-order valence-corrected chi connectivity index (χ1v) is 11.0. The number of piperidine rings is 1. The van der Waals surface area contributed by atoms with E-state index in [1.165, 1.54) is 7.11 Å². The highest BCUT2D eigenvalue weighted by atomic mass is 16.5. The van der Waals surface area contributed by atoms with Crippen molar-refractivity contribution in [2.75, 3.05) is 25.5 Å². The van der Waals surface area contributed by atoms with Crippen LogP contribution in [-0.4, -0.2) is 56.6 Å². The van der Waals surface area contributed by atoms with E-state index in [-0.39, 0.29) is 17.9 Å². The quantitative estimate of drug-likeness (QED) is 0.491. The molecular weight excluding hydrogens is 436 g/mol. The van der Waals surface area contributed by atoms with E-state index in [0.717, 1.165) is 24.0 Å².